The number of para-hydroxylation sites is 3. The zero-order valence-electron chi connectivity index (χ0n) is 28.4. The second-order valence-electron chi connectivity index (χ2n) is 13.3. The highest BCUT2D eigenvalue weighted by Crippen LogP contribution is 2.46. The highest BCUT2D eigenvalue weighted by Gasteiger charge is 2.21. The number of hydrogen-bond acceptors (Lipinski definition) is 2. The van der Waals surface area contributed by atoms with E-state index < -0.39 is 0 Å². The van der Waals surface area contributed by atoms with Gasteiger partial charge in [0.15, 0.2) is 0 Å². The van der Waals surface area contributed by atoms with E-state index in [4.69, 9.17) is 4.42 Å². The normalized spacial score (nSPS) is 11.5. The van der Waals surface area contributed by atoms with Gasteiger partial charge in [-0.15, -0.1) is 0 Å². The van der Waals surface area contributed by atoms with Crippen molar-refractivity contribution in [3.05, 3.63) is 200 Å². The van der Waals surface area contributed by atoms with Crippen LogP contribution in [0, 0.1) is 0 Å². The fraction of sp³-hybridized carbons (Fsp3) is 0. The number of nitrogens with zero attached hydrogens (tertiary/aromatic N) is 1. The Balaban J connectivity index is 1.08. The fourth-order valence-electron chi connectivity index (χ4n) is 7.69. The molecule has 52 heavy (non-hydrogen) atoms. The van der Waals surface area contributed by atoms with Gasteiger partial charge in [-0.2, -0.15) is 0 Å². The number of anilines is 3. The van der Waals surface area contributed by atoms with Gasteiger partial charge in [-0.1, -0.05) is 164 Å². The first-order chi connectivity index (χ1) is 25.8. The van der Waals surface area contributed by atoms with Gasteiger partial charge in [0.05, 0.1) is 11.4 Å². The Labute approximate surface area is 302 Å². The van der Waals surface area contributed by atoms with Crippen molar-refractivity contribution in [3.63, 3.8) is 0 Å². The molecule has 0 spiro atoms. The van der Waals surface area contributed by atoms with Crippen molar-refractivity contribution in [1.82, 2.24) is 0 Å². The third-order valence-electron chi connectivity index (χ3n) is 10.3. The quantitative estimate of drug-likeness (QED) is 0.176. The van der Waals surface area contributed by atoms with Crippen LogP contribution in [0.1, 0.15) is 0 Å². The summed E-state index contributed by atoms with van der Waals surface area (Å²) >= 11 is 0. The Morgan fingerprint density at radius 3 is 1.69 bits per heavy atom. The molecule has 10 aromatic rings. The lowest BCUT2D eigenvalue weighted by molar-refractivity contribution is 0.670. The zero-order chi connectivity index (χ0) is 34.4. The van der Waals surface area contributed by atoms with Crippen molar-refractivity contribution >= 4 is 60.5 Å². The van der Waals surface area contributed by atoms with Crippen molar-refractivity contribution in [3.8, 4) is 33.4 Å². The molecule has 10 rings (SSSR count). The maximum atomic E-state index is 6.56. The topological polar surface area (TPSA) is 16.4 Å². The first-order valence-electron chi connectivity index (χ1n) is 17.8. The third kappa shape index (κ3) is 5.12. The Morgan fingerprint density at radius 2 is 0.865 bits per heavy atom. The summed E-state index contributed by atoms with van der Waals surface area (Å²) in [5.74, 6) is 0. The standard InChI is InChI=1S/C50H33NO/c1-2-13-39-33-40(28-27-34(39)11-1)37-25-23-35(24-26-37)36-29-31-41(32-30-36)51(47-21-9-14-38-12-3-4-15-42(38)47)48-20-7-5-16-43(48)45-18-10-19-46-44-17-6-8-22-49(44)52-50(45)46/h1-33H. The highest BCUT2D eigenvalue weighted by molar-refractivity contribution is 6.11. The molecule has 1 aromatic heterocycles. The van der Waals surface area contributed by atoms with Crippen molar-refractivity contribution in [2.45, 2.75) is 0 Å². The Bertz CT molecular complexity index is 2890. The number of hydrogen-bond donors (Lipinski definition) is 0. The number of benzene rings is 9. The molecule has 0 amide bonds. The highest BCUT2D eigenvalue weighted by atomic mass is 16.3. The second-order valence-corrected chi connectivity index (χ2v) is 13.3. The van der Waals surface area contributed by atoms with Crippen LogP contribution in [0.2, 0.25) is 0 Å². The van der Waals surface area contributed by atoms with E-state index in [-0.39, 0.29) is 0 Å². The molecule has 0 fully saturated rings. The summed E-state index contributed by atoms with van der Waals surface area (Å²) in [6.07, 6.45) is 0. The SMILES string of the molecule is c1ccc(N(c2ccc(-c3ccc(-c4ccc5ccccc5c4)cc3)cc2)c2cccc3ccccc23)c(-c2cccc3c2oc2ccccc23)c1. The van der Waals surface area contributed by atoms with E-state index in [2.05, 4.69) is 193 Å². The van der Waals surface area contributed by atoms with E-state index in [1.165, 1.54) is 43.8 Å². The Kier molecular flexibility index (Phi) is 7.18. The summed E-state index contributed by atoms with van der Waals surface area (Å²) in [5.41, 5.74) is 12.0. The van der Waals surface area contributed by atoms with Gasteiger partial charge in [-0.05, 0) is 74.8 Å². The number of furan rings is 1. The first kappa shape index (κ1) is 30.0. The molecule has 2 heteroatoms. The molecule has 0 N–H and O–H groups in total. The molecular formula is C50H33NO. The van der Waals surface area contributed by atoms with Gasteiger partial charge in [-0.3, -0.25) is 0 Å². The van der Waals surface area contributed by atoms with Crippen molar-refractivity contribution < 1.29 is 4.42 Å². The number of rotatable bonds is 6. The van der Waals surface area contributed by atoms with Crippen LogP contribution in [0.5, 0.6) is 0 Å². The average molecular weight is 664 g/mol. The molecule has 0 radical (unpaired) electrons. The van der Waals surface area contributed by atoms with E-state index >= 15 is 0 Å². The minimum absolute atomic E-state index is 0.897. The molecule has 0 saturated heterocycles. The van der Waals surface area contributed by atoms with Crippen molar-refractivity contribution in [1.29, 1.82) is 0 Å². The largest absolute Gasteiger partial charge is 0.455 e. The predicted octanol–water partition coefficient (Wildman–Crippen LogP) is 14.4. The van der Waals surface area contributed by atoms with Crippen molar-refractivity contribution in [2.24, 2.45) is 0 Å². The van der Waals surface area contributed by atoms with Gasteiger partial charge < -0.3 is 9.32 Å². The predicted molar refractivity (Wildman–Crippen MR) is 220 cm³/mol. The van der Waals surface area contributed by atoms with Crippen LogP contribution >= 0.6 is 0 Å². The fourth-order valence-corrected chi connectivity index (χ4v) is 7.69. The molecule has 0 atom stereocenters. The van der Waals surface area contributed by atoms with Crippen LogP contribution in [0.3, 0.4) is 0 Å². The molecule has 2 nitrogen and oxygen atoms in total. The third-order valence-corrected chi connectivity index (χ3v) is 10.3. The molecule has 244 valence electrons. The minimum atomic E-state index is 0.897. The van der Waals surface area contributed by atoms with E-state index in [0.29, 0.717) is 0 Å². The van der Waals surface area contributed by atoms with Crippen LogP contribution < -0.4 is 4.90 Å². The van der Waals surface area contributed by atoms with Gasteiger partial charge in [0, 0.05) is 33.0 Å². The zero-order valence-corrected chi connectivity index (χ0v) is 28.4. The van der Waals surface area contributed by atoms with Crippen LogP contribution in [0.25, 0.3) is 76.9 Å². The van der Waals surface area contributed by atoms with Gasteiger partial charge in [0.2, 0.25) is 0 Å². The average Bonchev–Trinajstić information content (AvgIpc) is 3.61. The molecule has 0 bridgehead atoms. The first-order valence-corrected chi connectivity index (χ1v) is 17.8. The van der Waals surface area contributed by atoms with E-state index in [0.717, 1.165) is 50.1 Å². The van der Waals surface area contributed by atoms with E-state index in [9.17, 15) is 0 Å². The summed E-state index contributed by atoms with van der Waals surface area (Å²) < 4.78 is 6.56. The van der Waals surface area contributed by atoms with Crippen LogP contribution in [-0.4, -0.2) is 0 Å². The molecule has 0 aliphatic heterocycles. The molecule has 0 saturated carbocycles. The lowest BCUT2D eigenvalue weighted by Gasteiger charge is -2.29. The molecule has 0 aliphatic carbocycles. The number of fused-ring (bicyclic) bond motifs is 5. The van der Waals surface area contributed by atoms with Crippen LogP contribution in [0.15, 0.2) is 205 Å². The Hall–Kier alpha value is -6.90. The summed E-state index contributed by atoms with van der Waals surface area (Å²) in [6, 6.07) is 71.7. The summed E-state index contributed by atoms with van der Waals surface area (Å²) in [5, 5.41) is 7.15. The molecule has 1 heterocycles. The van der Waals surface area contributed by atoms with Gasteiger partial charge in [0.1, 0.15) is 11.2 Å². The van der Waals surface area contributed by atoms with E-state index in [1.807, 2.05) is 12.1 Å². The van der Waals surface area contributed by atoms with Crippen LogP contribution in [-0.2, 0) is 0 Å². The summed E-state index contributed by atoms with van der Waals surface area (Å²) in [7, 11) is 0. The van der Waals surface area contributed by atoms with Crippen LogP contribution in [0.4, 0.5) is 17.1 Å². The van der Waals surface area contributed by atoms with Gasteiger partial charge >= 0.3 is 0 Å². The van der Waals surface area contributed by atoms with E-state index in [1.54, 1.807) is 0 Å². The Morgan fingerprint density at radius 1 is 0.327 bits per heavy atom. The van der Waals surface area contributed by atoms with Gasteiger partial charge in [-0.25, -0.2) is 0 Å². The minimum Gasteiger partial charge on any atom is -0.455 e. The molecular weight excluding hydrogens is 631 g/mol. The molecule has 9 aromatic carbocycles. The maximum absolute atomic E-state index is 6.56. The van der Waals surface area contributed by atoms with Gasteiger partial charge in [0.25, 0.3) is 0 Å². The monoisotopic (exact) mass is 663 g/mol. The second kappa shape index (κ2) is 12.5. The molecule has 0 unspecified atom stereocenters. The lowest BCUT2D eigenvalue weighted by atomic mass is 9.97. The summed E-state index contributed by atoms with van der Waals surface area (Å²) in [4.78, 5) is 2.39. The smallest absolute Gasteiger partial charge is 0.143 e. The molecule has 0 aliphatic rings. The summed E-state index contributed by atoms with van der Waals surface area (Å²) in [6.45, 7) is 0. The maximum Gasteiger partial charge on any atom is 0.143 e. The van der Waals surface area contributed by atoms with Crippen molar-refractivity contribution in [2.75, 3.05) is 4.90 Å². The lowest BCUT2D eigenvalue weighted by Crippen LogP contribution is -2.11.